The van der Waals surface area contributed by atoms with Crippen LogP contribution in [0.4, 0.5) is 0 Å². The normalized spacial score (nSPS) is 22.2. The average molecular weight is 229 g/mol. The highest BCUT2D eigenvalue weighted by molar-refractivity contribution is 5.83. The van der Waals surface area contributed by atoms with Gasteiger partial charge < -0.3 is 14.8 Å². The zero-order valence-electron chi connectivity index (χ0n) is 10.0. The van der Waals surface area contributed by atoms with Crippen LogP contribution in [-0.2, 0) is 19.1 Å². The van der Waals surface area contributed by atoms with Crippen LogP contribution in [0.3, 0.4) is 0 Å². The van der Waals surface area contributed by atoms with Crippen LogP contribution in [0.15, 0.2) is 0 Å². The Hall–Kier alpha value is -1.10. The molecule has 92 valence electrons. The Kier molecular flexibility index (Phi) is 4.29. The van der Waals surface area contributed by atoms with Gasteiger partial charge in [-0.25, -0.2) is 0 Å². The number of hydrogen-bond acceptors (Lipinski definition) is 5. The summed E-state index contributed by atoms with van der Waals surface area (Å²) >= 11 is 0. The molecule has 5 nitrogen and oxygen atoms in total. The molecule has 1 fully saturated rings. The number of carbonyl (C=O) groups excluding carboxylic acids is 2. The fourth-order valence-corrected chi connectivity index (χ4v) is 1.41. The maximum absolute atomic E-state index is 11.5. The molecule has 0 saturated carbocycles. The largest absolute Gasteiger partial charge is 0.464 e. The highest BCUT2D eigenvalue weighted by atomic mass is 16.6. The average Bonchev–Trinajstić information content (AvgIpc) is 2.29. The molecule has 1 aliphatic rings. The fraction of sp³-hybridized carbons (Fsp3) is 0.818. The van der Waals surface area contributed by atoms with E-state index in [0.717, 1.165) is 6.42 Å². The molecule has 0 aromatic rings. The first-order valence-electron chi connectivity index (χ1n) is 5.50. The second-order valence-corrected chi connectivity index (χ2v) is 4.82. The number of nitrogens with one attached hydrogen (secondary N) is 1. The number of ether oxygens (including phenoxy) is 2. The van der Waals surface area contributed by atoms with E-state index in [1.54, 1.807) is 20.8 Å². The van der Waals surface area contributed by atoms with Crippen molar-refractivity contribution >= 4 is 11.9 Å². The smallest absolute Gasteiger partial charge is 0.323 e. The Bertz CT molecular complexity index is 270. The molecule has 1 saturated heterocycles. The van der Waals surface area contributed by atoms with Crippen molar-refractivity contribution in [1.29, 1.82) is 0 Å². The van der Waals surface area contributed by atoms with E-state index in [1.165, 1.54) is 0 Å². The second-order valence-electron chi connectivity index (χ2n) is 4.82. The minimum absolute atomic E-state index is 0.0239. The van der Waals surface area contributed by atoms with E-state index < -0.39 is 11.6 Å². The molecule has 5 heteroatoms. The van der Waals surface area contributed by atoms with Crippen molar-refractivity contribution in [3.63, 3.8) is 0 Å². The summed E-state index contributed by atoms with van der Waals surface area (Å²) in [4.78, 5) is 22.9. The first-order valence-corrected chi connectivity index (χ1v) is 5.50. The van der Waals surface area contributed by atoms with Crippen molar-refractivity contribution in [3.8, 4) is 0 Å². The molecule has 0 aliphatic carbocycles. The third-order valence-corrected chi connectivity index (χ3v) is 2.03. The summed E-state index contributed by atoms with van der Waals surface area (Å²) in [5, 5.41) is 2.97. The lowest BCUT2D eigenvalue weighted by molar-refractivity contribution is -0.159. The standard InChI is InChI=1S/C11H19NO4/c1-11(2,3)16-9(13)7-8-10(14)15-6-4-5-12-8/h8,12H,4-7H2,1-3H3/t8-/m0/s1. The summed E-state index contributed by atoms with van der Waals surface area (Å²) in [6.45, 7) is 6.48. The van der Waals surface area contributed by atoms with Gasteiger partial charge in [-0.2, -0.15) is 0 Å². The van der Waals surface area contributed by atoms with Crippen molar-refractivity contribution in [2.75, 3.05) is 13.2 Å². The van der Waals surface area contributed by atoms with E-state index >= 15 is 0 Å². The summed E-state index contributed by atoms with van der Waals surface area (Å²) in [6, 6.07) is -0.572. The summed E-state index contributed by atoms with van der Waals surface area (Å²) < 4.78 is 10.1. The van der Waals surface area contributed by atoms with Crippen LogP contribution in [0.25, 0.3) is 0 Å². The van der Waals surface area contributed by atoms with Gasteiger partial charge in [0.1, 0.15) is 11.6 Å². The van der Waals surface area contributed by atoms with Gasteiger partial charge in [0.25, 0.3) is 0 Å². The van der Waals surface area contributed by atoms with Crippen molar-refractivity contribution in [2.45, 2.75) is 45.3 Å². The van der Waals surface area contributed by atoms with E-state index in [4.69, 9.17) is 9.47 Å². The minimum atomic E-state index is -0.572. The van der Waals surface area contributed by atoms with Gasteiger partial charge in [0, 0.05) is 0 Å². The zero-order chi connectivity index (χ0) is 12.2. The highest BCUT2D eigenvalue weighted by Crippen LogP contribution is 2.10. The quantitative estimate of drug-likeness (QED) is 0.703. The lowest BCUT2D eigenvalue weighted by Gasteiger charge is -2.21. The number of hydrogen-bond donors (Lipinski definition) is 1. The topological polar surface area (TPSA) is 64.6 Å². The van der Waals surface area contributed by atoms with Crippen molar-refractivity contribution in [3.05, 3.63) is 0 Å². The van der Waals surface area contributed by atoms with Crippen LogP contribution in [0.5, 0.6) is 0 Å². The molecule has 1 N–H and O–H groups in total. The van der Waals surface area contributed by atoms with Gasteiger partial charge in [-0.15, -0.1) is 0 Å². The summed E-state index contributed by atoms with van der Waals surface area (Å²) in [6.07, 6.45) is 0.798. The monoisotopic (exact) mass is 229 g/mol. The van der Waals surface area contributed by atoms with Gasteiger partial charge in [-0.05, 0) is 33.7 Å². The molecule has 0 aromatic carbocycles. The van der Waals surface area contributed by atoms with Crippen molar-refractivity contribution < 1.29 is 19.1 Å². The predicted octanol–water partition coefficient (Wildman–Crippen LogP) is 0.623. The van der Waals surface area contributed by atoms with Crippen LogP contribution < -0.4 is 5.32 Å². The molecule has 1 aliphatic heterocycles. The van der Waals surface area contributed by atoms with E-state index in [9.17, 15) is 9.59 Å². The van der Waals surface area contributed by atoms with Gasteiger partial charge in [0.05, 0.1) is 13.0 Å². The molecule has 0 radical (unpaired) electrons. The number of cyclic esters (lactones) is 1. The molecule has 0 spiro atoms. The van der Waals surface area contributed by atoms with E-state index in [2.05, 4.69) is 5.32 Å². The van der Waals surface area contributed by atoms with Gasteiger partial charge >= 0.3 is 11.9 Å². The van der Waals surface area contributed by atoms with E-state index in [1.807, 2.05) is 0 Å². The lowest BCUT2D eigenvalue weighted by Crippen LogP contribution is -2.39. The fourth-order valence-electron chi connectivity index (χ4n) is 1.41. The van der Waals surface area contributed by atoms with Crippen molar-refractivity contribution in [1.82, 2.24) is 5.32 Å². The molecular formula is C11H19NO4. The number of carbonyl (C=O) groups is 2. The SMILES string of the molecule is CC(C)(C)OC(=O)C[C@@H]1NCCCOC1=O. The molecule has 1 atom stereocenters. The molecule has 0 aromatic heterocycles. The number of esters is 2. The lowest BCUT2D eigenvalue weighted by atomic mass is 10.1. The van der Waals surface area contributed by atoms with Gasteiger partial charge in [-0.3, -0.25) is 9.59 Å². The third-order valence-electron chi connectivity index (χ3n) is 2.03. The van der Waals surface area contributed by atoms with Gasteiger partial charge in [0.15, 0.2) is 0 Å². The summed E-state index contributed by atoms with van der Waals surface area (Å²) in [5.74, 6) is -0.757. The zero-order valence-corrected chi connectivity index (χ0v) is 10.0. The molecule has 0 amide bonds. The third kappa shape index (κ3) is 4.61. The predicted molar refractivity (Wildman–Crippen MR) is 57.8 cm³/mol. The minimum Gasteiger partial charge on any atom is -0.464 e. The Labute approximate surface area is 95.5 Å². The Balaban J connectivity index is 2.45. The Morgan fingerprint density at radius 2 is 2.25 bits per heavy atom. The molecule has 0 unspecified atom stereocenters. The summed E-state index contributed by atoms with van der Waals surface area (Å²) in [5.41, 5.74) is -0.522. The Morgan fingerprint density at radius 1 is 1.56 bits per heavy atom. The Morgan fingerprint density at radius 3 is 2.88 bits per heavy atom. The van der Waals surface area contributed by atoms with E-state index in [-0.39, 0.29) is 18.4 Å². The maximum atomic E-state index is 11.5. The van der Waals surface area contributed by atoms with Gasteiger partial charge in [-0.1, -0.05) is 0 Å². The van der Waals surface area contributed by atoms with Crippen LogP contribution in [0, 0.1) is 0 Å². The molecule has 0 bridgehead atoms. The maximum Gasteiger partial charge on any atom is 0.323 e. The molecule has 1 heterocycles. The first-order chi connectivity index (χ1) is 7.38. The van der Waals surface area contributed by atoms with Crippen LogP contribution in [0.2, 0.25) is 0 Å². The van der Waals surface area contributed by atoms with Crippen LogP contribution in [-0.4, -0.2) is 36.7 Å². The van der Waals surface area contributed by atoms with Crippen LogP contribution >= 0.6 is 0 Å². The van der Waals surface area contributed by atoms with Gasteiger partial charge in [0.2, 0.25) is 0 Å². The summed E-state index contributed by atoms with van der Waals surface area (Å²) in [7, 11) is 0. The second kappa shape index (κ2) is 5.30. The van der Waals surface area contributed by atoms with E-state index in [0.29, 0.717) is 13.2 Å². The number of rotatable bonds is 2. The van der Waals surface area contributed by atoms with Crippen LogP contribution in [0.1, 0.15) is 33.6 Å². The molecular weight excluding hydrogens is 210 g/mol. The molecule has 1 rings (SSSR count). The molecule has 16 heavy (non-hydrogen) atoms. The highest BCUT2D eigenvalue weighted by Gasteiger charge is 2.27. The first kappa shape index (κ1) is 13.0. The van der Waals surface area contributed by atoms with Crippen molar-refractivity contribution in [2.24, 2.45) is 0 Å².